The lowest BCUT2D eigenvalue weighted by Gasteiger charge is -2.47. The second kappa shape index (κ2) is 8.69. The highest BCUT2D eigenvalue weighted by atomic mass is 16.5. The van der Waals surface area contributed by atoms with Crippen LogP contribution in [0.3, 0.4) is 0 Å². The van der Waals surface area contributed by atoms with Crippen LogP contribution in [0.1, 0.15) is 85.5 Å². The van der Waals surface area contributed by atoms with E-state index in [4.69, 9.17) is 4.74 Å². The molecule has 0 bridgehead atoms. The molecule has 4 rings (SSSR count). The predicted molar refractivity (Wildman–Crippen MR) is 128 cm³/mol. The zero-order valence-electron chi connectivity index (χ0n) is 20.6. The van der Waals surface area contributed by atoms with Gasteiger partial charge in [0.1, 0.15) is 0 Å². The molecular formula is C28H44O4. The summed E-state index contributed by atoms with van der Waals surface area (Å²) < 4.78 is 6.52. The molecule has 3 aliphatic carbocycles. The van der Waals surface area contributed by atoms with E-state index < -0.39 is 17.8 Å². The van der Waals surface area contributed by atoms with Crippen LogP contribution in [-0.2, 0) is 4.74 Å². The van der Waals surface area contributed by atoms with Crippen LogP contribution in [0.25, 0.3) is 0 Å². The Hall–Kier alpha value is -0.940. The lowest BCUT2D eigenvalue weighted by Crippen LogP contribution is -2.45. The maximum Gasteiger partial charge on any atom is 0.0811 e. The first kappa shape index (κ1) is 24.2. The van der Waals surface area contributed by atoms with Crippen molar-refractivity contribution in [1.82, 2.24) is 0 Å². The highest BCUT2D eigenvalue weighted by molar-refractivity contribution is 5.38. The van der Waals surface area contributed by atoms with Crippen molar-refractivity contribution in [2.75, 3.05) is 6.61 Å². The molecule has 7 atom stereocenters. The van der Waals surface area contributed by atoms with Crippen LogP contribution < -0.4 is 0 Å². The molecule has 0 spiro atoms. The summed E-state index contributed by atoms with van der Waals surface area (Å²) in [6, 6.07) is 0. The van der Waals surface area contributed by atoms with E-state index in [-0.39, 0.29) is 11.0 Å². The molecule has 4 aliphatic rings. The van der Waals surface area contributed by atoms with Gasteiger partial charge in [-0.15, -0.1) is 0 Å². The van der Waals surface area contributed by atoms with Gasteiger partial charge in [0.15, 0.2) is 0 Å². The van der Waals surface area contributed by atoms with Crippen molar-refractivity contribution in [1.29, 1.82) is 0 Å². The maximum atomic E-state index is 10.3. The van der Waals surface area contributed by atoms with E-state index in [1.807, 2.05) is 13.8 Å². The standard InChI is InChI=1S/C28H44O4/c1-18-21(13-22(29)14-24(18)30)9-8-20-7-6-12-27(4)23(20)10-11-25(27)28(5)16-19(17-32-28)15-26(2,3)31/h8-9,19,22-25,29-31H,1,6-7,10-17H2,2-5H3/t19-,22+,23-,24-,25-,27-,28-/m0/s1. The Morgan fingerprint density at radius 2 is 1.94 bits per heavy atom. The quantitative estimate of drug-likeness (QED) is 0.565. The number of aliphatic hydroxyl groups is 3. The van der Waals surface area contributed by atoms with Crippen LogP contribution in [0.15, 0.2) is 35.5 Å². The van der Waals surface area contributed by atoms with Crippen molar-refractivity contribution < 1.29 is 20.1 Å². The summed E-state index contributed by atoms with van der Waals surface area (Å²) in [5.41, 5.74) is 2.77. The summed E-state index contributed by atoms with van der Waals surface area (Å²) in [6.07, 6.45) is 12.1. The Morgan fingerprint density at radius 3 is 2.66 bits per heavy atom. The summed E-state index contributed by atoms with van der Waals surface area (Å²) in [5, 5.41) is 30.6. The molecule has 0 aromatic heterocycles. The summed E-state index contributed by atoms with van der Waals surface area (Å²) >= 11 is 0. The Bertz CT molecular complexity index is 790. The van der Waals surface area contributed by atoms with Crippen LogP contribution in [0.5, 0.6) is 0 Å². The van der Waals surface area contributed by atoms with Gasteiger partial charge in [0.25, 0.3) is 0 Å². The van der Waals surface area contributed by atoms with Crippen LogP contribution in [0, 0.1) is 23.2 Å². The highest BCUT2D eigenvalue weighted by Gasteiger charge is 2.57. The summed E-state index contributed by atoms with van der Waals surface area (Å²) in [4.78, 5) is 0. The van der Waals surface area contributed by atoms with E-state index in [2.05, 4.69) is 32.6 Å². The fourth-order valence-electron chi connectivity index (χ4n) is 7.79. The summed E-state index contributed by atoms with van der Waals surface area (Å²) in [6.45, 7) is 13.4. The molecule has 3 N–H and O–H groups in total. The average Bonchev–Trinajstić information content (AvgIpc) is 3.22. The summed E-state index contributed by atoms with van der Waals surface area (Å²) in [5.74, 6) is 1.54. The Balaban J connectivity index is 1.52. The molecule has 4 heteroatoms. The largest absolute Gasteiger partial charge is 0.393 e. The number of hydrogen-bond acceptors (Lipinski definition) is 4. The van der Waals surface area contributed by atoms with Crippen molar-refractivity contribution in [3.63, 3.8) is 0 Å². The average molecular weight is 445 g/mol. The van der Waals surface area contributed by atoms with Crippen LogP contribution in [-0.4, -0.2) is 45.3 Å². The minimum Gasteiger partial charge on any atom is -0.393 e. The molecule has 1 aliphatic heterocycles. The van der Waals surface area contributed by atoms with Gasteiger partial charge in [0, 0.05) is 6.42 Å². The van der Waals surface area contributed by atoms with E-state index in [1.54, 1.807) is 0 Å². The first-order chi connectivity index (χ1) is 14.9. The minimum absolute atomic E-state index is 0.105. The van der Waals surface area contributed by atoms with Gasteiger partial charge >= 0.3 is 0 Å². The normalized spacial score (nSPS) is 45.6. The third-order valence-corrected chi connectivity index (χ3v) is 9.10. The number of hydrogen-bond donors (Lipinski definition) is 3. The molecule has 32 heavy (non-hydrogen) atoms. The Kier molecular flexibility index (Phi) is 6.57. The van der Waals surface area contributed by atoms with Crippen molar-refractivity contribution in [3.05, 3.63) is 35.5 Å². The first-order valence-corrected chi connectivity index (χ1v) is 12.7. The number of ether oxygens (including phenoxy) is 1. The van der Waals surface area contributed by atoms with E-state index in [0.29, 0.717) is 30.6 Å². The minimum atomic E-state index is -0.639. The third-order valence-electron chi connectivity index (χ3n) is 9.10. The molecule has 0 aromatic carbocycles. The van der Waals surface area contributed by atoms with Crippen molar-refractivity contribution in [2.24, 2.45) is 23.2 Å². The second-order valence-corrected chi connectivity index (χ2v) is 12.3. The molecule has 180 valence electrons. The molecule has 4 fully saturated rings. The number of aliphatic hydroxyl groups excluding tert-OH is 2. The van der Waals surface area contributed by atoms with Gasteiger partial charge in [-0.2, -0.15) is 0 Å². The van der Waals surface area contributed by atoms with Gasteiger partial charge in [0.2, 0.25) is 0 Å². The van der Waals surface area contributed by atoms with Crippen molar-refractivity contribution >= 4 is 0 Å². The van der Waals surface area contributed by atoms with Crippen LogP contribution >= 0.6 is 0 Å². The Morgan fingerprint density at radius 1 is 1.19 bits per heavy atom. The smallest absolute Gasteiger partial charge is 0.0811 e. The fraction of sp³-hybridized carbons (Fsp3) is 0.786. The topological polar surface area (TPSA) is 69.9 Å². The Labute approximate surface area is 194 Å². The van der Waals surface area contributed by atoms with Crippen LogP contribution in [0.2, 0.25) is 0 Å². The number of fused-ring (bicyclic) bond motifs is 1. The SMILES string of the molecule is C=C1C(=CC=C2CCC[C@@]3(C)[C@H]2CC[C@@H]3[C@]2(C)C[C@H](CC(C)(C)O)CO2)C[C@@H](O)C[C@@H]1O. The van der Waals surface area contributed by atoms with Gasteiger partial charge in [0.05, 0.1) is 30.0 Å². The molecule has 0 radical (unpaired) electrons. The van der Waals surface area contributed by atoms with Gasteiger partial charge in [-0.25, -0.2) is 0 Å². The molecule has 0 aromatic rings. The fourth-order valence-corrected chi connectivity index (χ4v) is 7.79. The number of allylic oxidation sites excluding steroid dienone is 3. The monoisotopic (exact) mass is 444 g/mol. The van der Waals surface area contributed by atoms with Gasteiger partial charge in [-0.05, 0) is 106 Å². The van der Waals surface area contributed by atoms with E-state index >= 15 is 0 Å². The second-order valence-electron chi connectivity index (χ2n) is 12.3. The van der Waals surface area contributed by atoms with Gasteiger partial charge in [-0.1, -0.05) is 31.2 Å². The predicted octanol–water partition coefficient (Wildman–Crippen LogP) is 5.08. The maximum absolute atomic E-state index is 10.3. The first-order valence-electron chi connectivity index (χ1n) is 12.7. The highest BCUT2D eigenvalue weighted by Crippen LogP contribution is 2.62. The third kappa shape index (κ3) is 4.66. The summed E-state index contributed by atoms with van der Waals surface area (Å²) in [7, 11) is 0. The zero-order chi connectivity index (χ0) is 23.3. The molecule has 1 heterocycles. The number of rotatable bonds is 4. The lowest BCUT2D eigenvalue weighted by atomic mass is 9.59. The van der Waals surface area contributed by atoms with E-state index in [9.17, 15) is 15.3 Å². The molecule has 3 saturated carbocycles. The van der Waals surface area contributed by atoms with Crippen molar-refractivity contribution in [2.45, 2.75) is 109 Å². The van der Waals surface area contributed by atoms with E-state index in [0.717, 1.165) is 37.0 Å². The lowest BCUT2D eigenvalue weighted by molar-refractivity contribution is -0.0753. The van der Waals surface area contributed by atoms with Gasteiger partial charge in [-0.3, -0.25) is 0 Å². The molecular weight excluding hydrogens is 400 g/mol. The van der Waals surface area contributed by atoms with Gasteiger partial charge < -0.3 is 20.1 Å². The molecule has 1 saturated heterocycles. The van der Waals surface area contributed by atoms with E-state index in [1.165, 1.54) is 31.3 Å². The zero-order valence-corrected chi connectivity index (χ0v) is 20.6. The van der Waals surface area contributed by atoms with Crippen LogP contribution in [0.4, 0.5) is 0 Å². The molecule has 4 nitrogen and oxygen atoms in total. The molecule has 0 unspecified atom stereocenters. The van der Waals surface area contributed by atoms with Crippen molar-refractivity contribution in [3.8, 4) is 0 Å². The molecule has 0 amide bonds.